The van der Waals surface area contributed by atoms with Crippen LogP contribution >= 0.6 is 0 Å². The van der Waals surface area contributed by atoms with E-state index in [-0.39, 0.29) is 11.6 Å². The molecule has 0 aliphatic carbocycles. The molecule has 2 atom stereocenters. The number of rotatable bonds is 2. The third kappa shape index (κ3) is 1.53. The first-order valence-corrected chi connectivity index (χ1v) is 4.85. The molecule has 1 fully saturated rings. The lowest BCUT2D eigenvalue weighted by Crippen LogP contribution is -2.21. The molecule has 5 nitrogen and oxygen atoms in total. The lowest BCUT2D eigenvalue weighted by molar-refractivity contribution is 0.00768. The summed E-state index contributed by atoms with van der Waals surface area (Å²) in [6, 6.07) is -0.221. The second-order valence-corrected chi connectivity index (χ2v) is 3.93. The number of hydrogen-bond acceptors (Lipinski definition) is 5. The summed E-state index contributed by atoms with van der Waals surface area (Å²) in [7, 11) is 0. The molecule has 2 N–H and O–H groups in total. The highest BCUT2D eigenvalue weighted by Gasteiger charge is 2.36. The van der Waals surface area contributed by atoms with Gasteiger partial charge in [-0.15, -0.1) is 0 Å². The van der Waals surface area contributed by atoms with Crippen molar-refractivity contribution >= 4 is 0 Å². The highest BCUT2D eigenvalue weighted by molar-refractivity contribution is 5.02. The van der Waals surface area contributed by atoms with Gasteiger partial charge in [-0.3, -0.25) is 0 Å². The lowest BCUT2D eigenvalue weighted by Gasteiger charge is -2.17. The maximum absolute atomic E-state index is 5.63. The molecule has 2 rings (SSSR count). The summed E-state index contributed by atoms with van der Waals surface area (Å²) in [6.07, 6.45) is 1.98. The SMILES string of the molecule is C[C@@H](N)c1nc(C2(C)CCCO2)no1. The van der Waals surface area contributed by atoms with Crippen molar-refractivity contribution < 1.29 is 9.26 Å². The van der Waals surface area contributed by atoms with E-state index >= 15 is 0 Å². The Hall–Kier alpha value is -0.940. The van der Waals surface area contributed by atoms with Crippen LogP contribution in [0.4, 0.5) is 0 Å². The molecule has 0 aromatic carbocycles. The Labute approximate surface area is 82.6 Å². The van der Waals surface area contributed by atoms with Crippen LogP contribution in [0, 0.1) is 0 Å². The fourth-order valence-corrected chi connectivity index (χ4v) is 1.59. The van der Waals surface area contributed by atoms with E-state index in [0.29, 0.717) is 11.7 Å². The molecule has 0 spiro atoms. The van der Waals surface area contributed by atoms with Crippen molar-refractivity contribution in [1.82, 2.24) is 10.1 Å². The molecule has 1 aliphatic rings. The minimum atomic E-state index is -0.378. The number of aromatic nitrogens is 2. The molecule has 0 saturated carbocycles. The van der Waals surface area contributed by atoms with Gasteiger partial charge in [0.25, 0.3) is 0 Å². The summed E-state index contributed by atoms with van der Waals surface area (Å²) in [5.41, 5.74) is 5.25. The van der Waals surface area contributed by atoms with Crippen LogP contribution in [0.2, 0.25) is 0 Å². The first-order valence-electron chi connectivity index (χ1n) is 4.85. The van der Waals surface area contributed by atoms with E-state index in [9.17, 15) is 0 Å². The zero-order valence-corrected chi connectivity index (χ0v) is 8.49. The number of nitrogens with two attached hydrogens (primary N) is 1. The van der Waals surface area contributed by atoms with Gasteiger partial charge in [0.05, 0.1) is 6.04 Å². The second-order valence-electron chi connectivity index (χ2n) is 3.93. The van der Waals surface area contributed by atoms with Crippen LogP contribution in [0.5, 0.6) is 0 Å². The molecule has 0 amide bonds. The molecule has 1 aromatic heterocycles. The highest BCUT2D eigenvalue weighted by Crippen LogP contribution is 2.33. The molecular weight excluding hydrogens is 182 g/mol. The van der Waals surface area contributed by atoms with Crippen molar-refractivity contribution in [3.8, 4) is 0 Å². The highest BCUT2D eigenvalue weighted by atomic mass is 16.5. The minimum Gasteiger partial charge on any atom is -0.367 e. The number of ether oxygens (including phenoxy) is 1. The summed E-state index contributed by atoms with van der Waals surface area (Å²) in [6.45, 7) is 4.56. The van der Waals surface area contributed by atoms with Gasteiger partial charge in [0.1, 0.15) is 5.60 Å². The van der Waals surface area contributed by atoms with E-state index < -0.39 is 0 Å². The van der Waals surface area contributed by atoms with Gasteiger partial charge in [-0.1, -0.05) is 5.16 Å². The summed E-state index contributed by atoms with van der Waals surface area (Å²) in [5.74, 6) is 1.08. The van der Waals surface area contributed by atoms with Gasteiger partial charge in [0.15, 0.2) is 0 Å². The Morgan fingerprint density at radius 2 is 2.36 bits per heavy atom. The first kappa shape index (κ1) is 9.61. The Kier molecular flexibility index (Phi) is 2.28. The quantitative estimate of drug-likeness (QED) is 0.768. The third-order valence-corrected chi connectivity index (χ3v) is 2.52. The Bertz CT molecular complexity index is 316. The Morgan fingerprint density at radius 1 is 1.57 bits per heavy atom. The van der Waals surface area contributed by atoms with Crippen molar-refractivity contribution in [3.63, 3.8) is 0 Å². The second kappa shape index (κ2) is 3.33. The van der Waals surface area contributed by atoms with Gasteiger partial charge in [0.2, 0.25) is 11.7 Å². The largest absolute Gasteiger partial charge is 0.367 e. The van der Waals surface area contributed by atoms with Crippen molar-refractivity contribution in [2.45, 2.75) is 38.3 Å². The van der Waals surface area contributed by atoms with E-state index in [0.717, 1.165) is 19.4 Å². The lowest BCUT2D eigenvalue weighted by atomic mass is 10.0. The summed E-state index contributed by atoms with van der Waals surface area (Å²) in [5, 5.41) is 3.90. The molecule has 0 bridgehead atoms. The average Bonchev–Trinajstić information content (AvgIpc) is 2.71. The zero-order valence-electron chi connectivity index (χ0n) is 8.49. The van der Waals surface area contributed by atoms with Crippen LogP contribution in [0.3, 0.4) is 0 Å². The average molecular weight is 197 g/mol. The fraction of sp³-hybridized carbons (Fsp3) is 0.778. The molecule has 1 aromatic rings. The standard InChI is InChI=1S/C9H15N3O2/c1-6(10)7-11-8(12-14-7)9(2)4-3-5-13-9/h6H,3-5,10H2,1-2H3/t6-,9?/m1/s1. The van der Waals surface area contributed by atoms with E-state index in [2.05, 4.69) is 10.1 Å². The van der Waals surface area contributed by atoms with Crippen LogP contribution in [-0.4, -0.2) is 16.7 Å². The van der Waals surface area contributed by atoms with Crippen molar-refractivity contribution in [2.24, 2.45) is 5.73 Å². The van der Waals surface area contributed by atoms with E-state index in [1.807, 2.05) is 13.8 Å². The topological polar surface area (TPSA) is 74.2 Å². The van der Waals surface area contributed by atoms with Crippen molar-refractivity contribution in [3.05, 3.63) is 11.7 Å². The van der Waals surface area contributed by atoms with Crippen LogP contribution < -0.4 is 5.73 Å². The summed E-state index contributed by atoms with van der Waals surface area (Å²) in [4.78, 5) is 4.24. The fourth-order valence-electron chi connectivity index (χ4n) is 1.59. The summed E-state index contributed by atoms with van der Waals surface area (Å²) < 4.78 is 10.6. The number of nitrogens with zero attached hydrogens (tertiary/aromatic N) is 2. The van der Waals surface area contributed by atoms with Gasteiger partial charge < -0.3 is 15.0 Å². The minimum absolute atomic E-state index is 0.221. The molecule has 1 unspecified atom stereocenters. The Morgan fingerprint density at radius 3 is 2.86 bits per heavy atom. The van der Waals surface area contributed by atoms with Crippen LogP contribution in [-0.2, 0) is 10.3 Å². The molecule has 2 heterocycles. The molecule has 5 heteroatoms. The van der Waals surface area contributed by atoms with E-state index in [4.69, 9.17) is 15.0 Å². The molecule has 1 saturated heterocycles. The number of hydrogen-bond donors (Lipinski definition) is 1. The predicted molar refractivity (Wildman–Crippen MR) is 49.4 cm³/mol. The van der Waals surface area contributed by atoms with E-state index in [1.54, 1.807) is 0 Å². The van der Waals surface area contributed by atoms with Crippen LogP contribution in [0.15, 0.2) is 4.52 Å². The normalized spacial score (nSPS) is 29.4. The maximum atomic E-state index is 5.63. The molecule has 78 valence electrons. The smallest absolute Gasteiger partial charge is 0.243 e. The maximum Gasteiger partial charge on any atom is 0.243 e. The summed E-state index contributed by atoms with van der Waals surface area (Å²) >= 11 is 0. The third-order valence-electron chi connectivity index (χ3n) is 2.52. The van der Waals surface area contributed by atoms with Crippen LogP contribution in [0.1, 0.15) is 44.4 Å². The van der Waals surface area contributed by atoms with Gasteiger partial charge in [-0.2, -0.15) is 4.98 Å². The first-order chi connectivity index (χ1) is 6.62. The van der Waals surface area contributed by atoms with Crippen LogP contribution in [0.25, 0.3) is 0 Å². The van der Waals surface area contributed by atoms with Crippen molar-refractivity contribution in [1.29, 1.82) is 0 Å². The molecule has 14 heavy (non-hydrogen) atoms. The van der Waals surface area contributed by atoms with Gasteiger partial charge in [-0.25, -0.2) is 0 Å². The van der Waals surface area contributed by atoms with E-state index in [1.165, 1.54) is 0 Å². The Balaban J connectivity index is 2.23. The van der Waals surface area contributed by atoms with Crippen molar-refractivity contribution in [2.75, 3.05) is 6.61 Å². The predicted octanol–water partition coefficient (Wildman–Crippen LogP) is 1.11. The van der Waals surface area contributed by atoms with Gasteiger partial charge in [-0.05, 0) is 26.7 Å². The molecule has 0 radical (unpaired) electrons. The zero-order chi connectivity index (χ0) is 10.2. The van der Waals surface area contributed by atoms with Gasteiger partial charge >= 0.3 is 0 Å². The molecular formula is C9H15N3O2. The van der Waals surface area contributed by atoms with Gasteiger partial charge in [0, 0.05) is 6.61 Å². The molecule has 1 aliphatic heterocycles. The monoisotopic (exact) mass is 197 g/mol.